The Morgan fingerprint density at radius 2 is 2.25 bits per heavy atom. The normalized spacial score (nSPS) is 16.1. The molecule has 0 aromatic heterocycles. The van der Waals surface area contributed by atoms with E-state index in [9.17, 15) is 4.79 Å². The number of carbonyl (C=O) groups excluding carboxylic acids is 1. The standard InChI is InChI=1S/C12H16N2OS/c1-14(2)11(7-16)8-3-4-10-9(5-8)6-12(15)13-10/h3-5,11,16H,6-7H2,1-2H3,(H,13,15). The number of carbonyl (C=O) groups is 1. The third-order valence-corrected chi connectivity index (χ3v) is 3.28. The highest BCUT2D eigenvalue weighted by atomic mass is 32.1. The van der Waals surface area contributed by atoms with Crippen molar-refractivity contribution in [3.8, 4) is 0 Å². The zero-order valence-electron chi connectivity index (χ0n) is 9.53. The van der Waals surface area contributed by atoms with Gasteiger partial charge in [-0.05, 0) is 31.3 Å². The lowest BCUT2D eigenvalue weighted by molar-refractivity contribution is -0.115. The third-order valence-electron chi connectivity index (χ3n) is 2.94. The van der Waals surface area contributed by atoms with Gasteiger partial charge in [0.15, 0.2) is 0 Å². The lowest BCUT2D eigenvalue weighted by atomic mass is 10.0. The summed E-state index contributed by atoms with van der Waals surface area (Å²) in [6, 6.07) is 6.44. The first-order valence-corrected chi connectivity index (χ1v) is 5.95. The van der Waals surface area contributed by atoms with Gasteiger partial charge in [0.2, 0.25) is 5.91 Å². The lowest BCUT2D eigenvalue weighted by Crippen LogP contribution is -2.21. The van der Waals surface area contributed by atoms with Crippen molar-refractivity contribution in [1.29, 1.82) is 0 Å². The Labute approximate surface area is 101 Å². The van der Waals surface area contributed by atoms with Crippen LogP contribution in [0.5, 0.6) is 0 Å². The molecule has 1 amide bonds. The molecule has 16 heavy (non-hydrogen) atoms. The van der Waals surface area contributed by atoms with Crippen molar-refractivity contribution >= 4 is 24.2 Å². The molecule has 0 radical (unpaired) electrons. The lowest BCUT2D eigenvalue weighted by Gasteiger charge is -2.23. The first-order chi connectivity index (χ1) is 7.61. The second-order valence-electron chi connectivity index (χ2n) is 4.30. The molecule has 1 aliphatic heterocycles. The molecular weight excluding hydrogens is 220 g/mol. The SMILES string of the molecule is CN(C)C(CS)c1ccc2c(c1)CC(=O)N2. The number of amides is 1. The number of rotatable bonds is 3. The molecule has 1 N–H and O–H groups in total. The number of hydrogen-bond donors (Lipinski definition) is 2. The topological polar surface area (TPSA) is 32.3 Å². The molecule has 0 bridgehead atoms. The van der Waals surface area contributed by atoms with Crippen LogP contribution >= 0.6 is 12.6 Å². The molecule has 1 aliphatic rings. The van der Waals surface area contributed by atoms with Crippen molar-refractivity contribution in [2.45, 2.75) is 12.5 Å². The highest BCUT2D eigenvalue weighted by Gasteiger charge is 2.20. The van der Waals surface area contributed by atoms with Crippen molar-refractivity contribution in [1.82, 2.24) is 4.90 Å². The third kappa shape index (κ3) is 2.08. The fraction of sp³-hybridized carbons (Fsp3) is 0.417. The molecule has 0 aliphatic carbocycles. The van der Waals surface area contributed by atoms with Gasteiger partial charge in [0.05, 0.1) is 6.42 Å². The van der Waals surface area contributed by atoms with Crippen LogP contribution in [-0.2, 0) is 11.2 Å². The van der Waals surface area contributed by atoms with Gasteiger partial charge in [-0.15, -0.1) is 0 Å². The van der Waals surface area contributed by atoms with Gasteiger partial charge >= 0.3 is 0 Å². The number of thiol groups is 1. The minimum absolute atomic E-state index is 0.0828. The molecule has 1 aromatic rings. The Morgan fingerprint density at radius 3 is 2.88 bits per heavy atom. The first kappa shape index (κ1) is 11.5. The minimum Gasteiger partial charge on any atom is -0.326 e. The van der Waals surface area contributed by atoms with E-state index in [2.05, 4.69) is 35.0 Å². The van der Waals surface area contributed by atoms with Crippen LogP contribution in [0.1, 0.15) is 17.2 Å². The summed E-state index contributed by atoms with van der Waals surface area (Å²) in [5.41, 5.74) is 3.26. The van der Waals surface area contributed by atoms with Crippen molar-refractivity contribution in [3.63, 3.8) is 0 Å². The predicted molar refractivity (Wildman–Crippen MR) is 69.1 cm³/mol. The molecule has 2 rings (SSSR count). The average Bonchev–Trinajstić information content (AvgIpc) is 2.57. The molecule has 0 saturated heterocycles. The van der Waals surface area contributed by atoms with E-state index in [0.29, 0.717) is 12.5 Å². The van der Waals surface area contributed by atoms with Crippen LogP contribution in [0.3, 0.4) is 0 Å². The largest absolute Gasteiger partial charge is 0.326 e. The second-order valence-corrected chi connectivity index (χ2v) is 4.67. The van der Waals surface area contributed by atoms with Gasteiger partial charge in [-0.25, -0.2) is 0 Å². The van der Waals surface area contributed by atoms with E-state index in [0.717, 1.165) is 17.0 Å². The van der Waals surface area contributed by atoms with Crippen LogP contribution in [0.25, 0.3) is 0 Å². The minimum atomic E-state index is 0.0828. The van der Waals surface area contributed by atoms with Crippen LogP contribution < -0.4 is 5.32 Å². The summed E-state index contributed by atoms with van der Waals surface area (Å²) >= 11 is 4.36. The fourth-order valence-corrected chi connectivity index (χ4v) is 2.56. The number of anilines is 1. The maximum Gasteiger partial charge on any atom is 0.228 e. The summed E-state index contributed by atoms with van der Waals surface area (Å²) in [4.78, 5) is 13.4. The van der Waals surface area contributed by atoms with Crippen molar-refractivity contribution < 1.29 is 4.79 Å². The van der Waals surface area contributed by atoms with E-state index in [1.807, 2.05) is 20.2 Å². The summed E-state index contributed by atoms with van der Waals surface area (Å²) in [5, 5.41) is 2.84. The predicted octanol–water partition coefficient (Wildman–Crippen LogP) is 1.71. The molecule has 1 unspecified atom stereocenters. The molecule has 0 saturated carbocycles. The Morgan fingerprint density at radius 1 is 1.50 bits per heavy atom. The second kappa shape index (κ2) is 4.47. The van der Waals surface area contributed by atoms with Gasteiger partial charge in [0, 0.05) is 17.5 Å². The van der Waals surface area contributed by atoms with Gasteiger partial charge in [-0.2, -0.15) is 12.6 Å². The Kier molecular flexibility index (Phi) is 3.21. The smallest absolute Gasteiger partial charge is 0.228 e. The summed E-state index contributed by atoms with van der Waals surface area (Å²) in [5.74, 6) is 0.854. The van der Waals surface area contributed by atoms with Crippen LogP contribution in [0.15, 0.2) is 18.2 Å². The van der Waals surface area contributed by atoms with Crippen LogP contribution in [0.2, 0.25) is 0 Å². The van der Waals surface area contributed by atoms with Gasteiger partial charge in [-0.3, -0.25) is 4.79 Å². The first-order valence-electron chi connectivity index (χ1n) is 5.32. The molecule has 1 atom stereocenters. The van der Waals surface area contributed by atoms with Gasteiger partial charge in [-0.1, -0.05) is 12.1 Å². The van der Waals surface area contributed by atoms with Crippen molar-refractivity contribution in [3.05, 3.63) is 29.3 Å². The molecule has 1 aromatic carbocycles. The van der Waals surface area contributed by atoms with E-state index in [1.165, 1.54) is 5.56 Å². The van der Waals surface area contributed by atoms with Crippen LogP contribution in [0, 0.1) is 0 Å². The maximum absolute atomic E-state index is 11.2. The summed E-state index contributed by atoms with van der Waals surface area (Å²) in [6.45, 7) is 0. The van der Waals surface area contributed by atoms with Crippen LogP contribution in [0.4, 0.5) is 5.69 Å². The monoisotopic (exact) mass is 236 g/mol. The Balaban J connectivity index is 2.31. The molecule has 1 heterocycles. The number of nitrogens with one attached hydrogen (secondary N) is 1. The van der Waals surface area contributed by atoms with E-state index < -0.39 is 0 Å². The fourth-order valence-electron chi connectivity index (χ4n) is 2.02. The zero-order chi connectivity index (χ0) is 11.7. The summed E-state index contributed by atoms with van der Waals surface area (Å²) in [7, 11) is 4.08. The molecule has 86 valence electrons. The number of benzene rings is 1. The maximum atomic E-state index is 11.2. The summed E-state index contributed by atoms with van der Waals surface area (Å²) < 4.78 is 0. The molecule has 0 spiro atoms. The number of hydrogen-bond acceptors (Lipinski definition) is 3. The van der Waals surface area contributed by atoms with Crippen molar-refractivity contribution in [2.75, 3.05) is 25.2 Å². The van der Waals surface area contributed by atoms with E-state index in [-0.39, 0.29) is 5.91 Å². The van der Waals surface area contributed by atoms with E-state index >= 15 is 0 Å². The average molecular weight is 236 g/mol. The molecule has 0 fully saturated rings. The highest BCUT2D eigenvalue weighted by molar-refractivity contribution is 7.80. The van der Waals surface area contributed by atoms with E-state index in [4.69, 9.17) is 0 Å². The van der Waals surface area contributed by atoms with Crippen molar-refractivity contribution in [2.24, 2.45) is 0 Å². The number of nitrogens with zero attached hydrogens (tertiary/aromatic N) is 1. The highest BCUT2D eigenvalue weighted by Crippen LogP contribution is 2.28. The zero-order valence-corrected chi connectivity index (χ0v) is 10.4. The van der Waals surface area contributed by atoms with Gasteiger partial charge in [0.1, 0.15) is 0 Å². The quantitative estimate of drug-likeness (QED) is 0.783. The molecule has 3 nitrogen and oxygen atoms in total. The van der Waals surface area contributed by atoms with Gasteiger partial charge < -0.3 is 10.2 Å². The Hall–Kier alpha value is -1.00. The molecule has 4 heteroatoms. The van der Waals surface area contributed by atoms with Gasteiger partial charge in [0.25, 0.3) is 0 Å². The molecular formula is C12H16N2OS. The summed E-state index contributed by atoms with van der Waals surface area (Å²) in [6.07, 6.45) is 0.496. The van der Waals surface area contributed by atoms with Crippen LogP contribution in [-0.4, -0.2) is 30.7 Å². The number of fused-ring (bicyclic) bond motifs is 1. The Bertz CT molecular complexity index is 417. The van der Waals surface area contributed by atoms with E-state index in [1.54, 1.807) is 0 Å².